The number of primary sulfonamides is 1. The maximum Gasteiger partial charge on any atom is 0.248 e. The molecule has 0 atom stereocenters. The van der Waals surface area contributed by atoms with Crippen LogP contribution in [0.4, 0.5) is 11.4 Å². The summed E-state index contributed by atoms with van der Waals surface area (Å²) in [7, 11) is -3.87. The van der Waals surface area contributed by atoms with E-state index >= 15 is 0 Å². The van der Waals surface area contributed by atoms with E-state index in [1.807, 2.05) is 0 Å². The average Bonchev–Trinajstić information content (AvgIpc) is 2.74. The van der Waals surface area contributed by atoms with E-state index in [2.05, 4.69) is 10.6 Å². The smallest absolute Gasteiger partial charge is 0.248 e. The summed E-state index contributed by atoms with van der Waals surface area (Å²) in [6.45, 7) is 0. The topological polar surface area (TPSA) is 118 Å². The Morgan fingerprint density at radius 3 is 1.77 bits per heavy atom. The van der Waals surface area contributed by atoms with Crippen LogP contribution in [0.3, 0.4) is 0 Å². The van der Waals surface area contributed by atoms with Crippen molar-refractivity contribution in [3.63, 3.8) is 0 Å². The molecule has 158 valence electrons. The van der Waals surface area contributed by atoms with E-state index in [-0.39, 0.29) is 4.90 Å². The van der Waals surface area contributed by atoms with E-state index in [0.717, 1.165) is 12.2 Å². The molecule has 0 saturated heterocycles. The highest BCUT2D eigenvalue weighted by atomic mass is 35.5. The van der Waals surface area contributed by atoms with Crippen molar-refractivity contribution >= 4 is 44.8 Å². The number of carbonyl (C=O) groups is 2. The third-order valence-corrected chi connectivity index (χ3v) is 5.38. The lowest BCUT2D eigenvalue weighted by atomic mass is 10.1. The minimum Gasteiger partial charge on any atom is -0.323 e. The largest absolute Gasteiger partial charge is 0.323 e. The van der Waals surface area contributed by atoms with Gasteiger partial charge in [-0.25, -0.2) is 13.6 Å². The predicted molar refractivity (Wildman–Crippen MR) is 121 cm³/mol. The van der Waals surface area contributed by atoms with Gasteiger partial charge in [-0.15, -0.1) is 0 Å². The van der Waals surface area contributed by atoms with Crippen molar-refractivity contribution in [3.05, 3.63) is 90.0 Å². The molecule has 0 aliphatic rings. The third-order valence-electron chi connectivity index (χ3n) is 4.15. The van der Waals surface area contributed by atoms with Gasteiger partial charge in [-0.1, -0.05) is 41.9 Å². The molecular weight excluding hydrogens is 438 g/mol. The summed E-state index contributed by atoms with van der Waals surface area (Å²) in [6.07, 6.45) is 2.22. The number of sulfonamides is 1. The Morgan fingerprint density at radius 2 is 1.26 bits per heavy atom. The van der Waals surface area contributed by atoms with Gasteiger partial charge in [0.15, 0.2) is 0 Å². The number of amides is 2. The van der Waals surface area contributed by atoms with E-state index in [0.29, 0.717) is 27.5 Å². The van der Waals surface area contributed by atoms with E-state index in [1.165, 1.54) is 6.07 Å². The van der Waals surface area contributed by atoms with Crippen molar-refractivity contribution in [1.82, 2.24) is 0 Å². The van der Waals surface area contributed by atoms with Gasteiger partial charge in [-0.05, 0) is 48.0 Å². The number of benzene rings is 3. The van der Waals surface area contributed by atoms with Crippen LogP contribution in [0, 0.1) is 0 Å². The Balaban J connectivity index is 1.63. The van der Waals surface area contributed by atoms with Gasteiger partial charge >= 0.3 is 0 Å². The average molecular weight is 456 g/mol. The van der Waals surface area contributed by atoms with Crippen LogP contribution in [0.25, 0.3) is 11.1 Å². The van der Waals surface area contributed by atoms with Gasteiger partial charge < -0.3 is 10.6 Å². The van der Waals surface area contributed by atoms with Crippen LogP contribution in [0.2, 0.25) is 5.02 Å². The van der Waals surface area contributed by atoms with Crippen LogP contribution in [0.1, 0.15) is 0 Å². The fourth-order valence-electron chi connectivity index (χ4n) is 2.74. The summed E-state index contributed by atoms with van der Waals surface area (Å²) < 4.78 is 23.5. The Bertz CT molecular complexity index is 1240. The van der Waals surface area contributed by atoms with Crippen LogP contribution in [0.5, 0.6) is 0 Å². The molecule has 0 aliphatic heterocycles. The van der Waals surface area contributed by atoms with E-state index in [1.54, 1.807) is 66.7 Å². The summed E-state index contributed by atoms with van der Waals surface area (Å²) >= 11 is 5.79. The molecule has 0 heterocycles. The maximum absolute atomic E-state index is 12.1. The molecule has 0 saturated carbocycles. The van der Waals surface area contributed by atoms with Gasteiger partial charge in [-0.2, -0.15) is 0 Å². The second-order valence-corrected chi connectivity index (χ2v) is 8.40. The Hall–Kier alpha value is -3.46. The minimum absolute atomic E-state index is 0.0152. The van der Waals surface area contributed by atoms with Crippen molar-refractivity contribution in [1.29, 1.82) is 0 Å². The molecule has 0 aromatic heterocycles. The standard InChI is InChI=1S/C22H18ClN3O4S/c23-16-7-11-18(12-8-16)26-22(28)14-13-21(27)25-17-9-5-15(6-10-17)19-3-1-2-4-20(19)31(24,29)30/h1-14H,(H,25,27)(H,26,28)(H2,24,29,30)/b14-13+. The molecule has 4 N–H and O–H groups in total. The quantitative estimate of drug-likeness (QED) is 0.490. The zero-order valence-corrected chi connectivity index (χ0v) is 17.7. The van der Waals surface area contributed by atoms with Gasteiger partial charge in [-0.3, -0.25) is 9.59 Å². The van der Waals surface area contributed by atoms with Crippen LogP contribution in [0.15, 0.2) is 89.8 Å². The molecule has 9 heteroatoms. The Morgan fingerprint density at radius 1 is 0.774 bits per heavy atom. The van der Waals surface area contributed by atoms with Crippen molar-refractivity contribution < 1.29 is 18.0 Å². The number of hydrogen-bond donors (Lipinski definition) is 3. The first-order valence-corrected chi connectivity index (χ1v) is 10.9. The summed E-state index contributed by atoms with van der Waals surface area (Å²) in [4.78, 5) is 24.0. The Labute approximate surface area is 184 Å². The fraction of sp³-hybridized carbons (Fsp3) is 0. The van der Waals surface area contributed by atoms with Crippen molar-refractivity contribution in [3.8, 4) is 11.1 Å². The van der Waals surface area contributed by atoms with Crippen molar-refractivity contribution in [2.24, 2.45) is 5.14 Å². The Kier molecular flexibility index (Phi) is 6.86. The lowest BCUT2D eigenvalue weighted by molar-refractivity contribution is -0.114. The van der Waals surface area contributed by atoms with Gasteiger partial charge in [0.2, 0.25) is 21.8 Å². The normalized spacial score (nSPS) is 11.3. The number of hydrogen-bond acceptors (Lipinski definition) is 4. The molecule has 3 rings (SSSR count). The van der Waals surface area contributed by atoms with Crippen LogP contribution >= 0.6 is 11.6 Å². The van der Waals surface area contributed by atoms with Crippen molar-refractivity contribution in [2.75, 3.05) is 10.6 Å². The van der Waals surface area contributed by atoms with E-state index in [9.17, 15) is 18.0 Å². The van der Waals surface area contributed by atoms with Crippen LogP contribution in [-0.4, -0.2) is 20.2 Å². The molecule has 7 nitrogen and oxygen atoms in total. The molecular formula is C22H18ClN3O4S. The second-order valence-electron chi connectivity index (χ2n) is 6.44. The van der Waals surface area contributed by atoms with Crippen molar-refractivity contribution in [2.45, 2.75) is 4.90 Å². The highest BCUT2D eigenvalue weighted by molar-refractivity contribution is 7.89. The highest BCUT2D eigenvalue weighted by Gasteiger charge is 2.14. The number of anilines is 2. The lowest BCUT2D eigenvalue weighted by Crippen LogP contribution is -2.13. The summed E-state index contributed by atoms with van der Waals surface area (Å²) in [6, 6.07) is 19.5. The number of halogens is 1. The number of nitrogens with two attached hydrogens (primary N) is 1. The van der Waals surface area contributed by atoms with Gasteiger partial charge in [0.1, 0.15) is 0 Å². The predicted octanol–water partition coefficient (Wildman–Crippen LogP) is 3.79. The molecule has 3 aromatic carbocycles. The molecule has 31 heavy (non-hydrogen) atoms. The second kappa shape index (κ2) is 9.57. The summed E-state index contributed by atoms with van der Waals surface area (Å²) in [5.74, 6) is -0.962. The third kappa shape index (κ3) is 6.26. The maximum atomic E-state index is 12.1. The molecule has 0 unspecified atom stereocenters. The minimum atomic E-state index is -3.87. The molecule has 0 aliphatic carbocycles. The highest BCUT2D eigenvalue weighted by Crippen LogP contribution is 2.27. The SMILES string of the molecule is NS(=O)(=O)c1ccccc1-c1ccc(NC(=O)/C=C/C(=O)Nc2ccc(Cl)cc2)cc1. The van der Waals surface area contributed by atoms with E-state index < -0.39 is 21.8 Å². The molecule has 0 spiro atoms. The lowest BCUT2D eigenvalue weighted by Gasteiger charge is -2.09. The van der Waals surface area contributed by atoms with Gasteiger partial charge in [0.05, 0.1) is 4.90 Å². The molecule has 3 aromatic rings. The fourth-order valence-corrected chi connectivity index (χ4v) is 3.63. The number of nitrogens with one attached hydrogen (secondary N) is 2. The first-order valence-electron chi connectivity index (χ1n) is 9.00. The summed E-state index contributed by atoms with van der Waals surface area (Å²) in [5, 5.41) is 11.1. The molecule has 0 bridgehead atoms. The zero-order valence-electron chi connectivity index (χ0n) is 16.1. The first-order chi connectivity index (χ1) is 14.7. The van der Waals surface area contributed by atoms with Gasteiger partial charge in [0.25, 0.3) is 0 Å². The first kappa shape index (κ1) is 22.2. The van der Waals surface area contributed by atoms with Crippen LogP contribution < -0.4 is 15.8 Å². The van der Waals surface area contributed by atoms with E-state index in [4.69, 9.17) is 16.7 Å². The number of rotatable bonds is 6. The number of carbonyl (C=O) groups excluding carboxylic acids is 2. The molecule has 0 fully saturated rings. The van der Waals surface area contributed by atoms with Gasteiger partial charge in [0, 0.05) is 34.1 Å². The zero-order chi connectivity index (χ0) is 22.4. The monoisotopic (exact) mass is 455 g/mol. The molecule has 2 amide bonds. The summed E-state index contributed by atoms with van der Waals surface area (Å²) in [5.41, 5.74) is 2.11. The van der Waals surface area contributed by atoms with Crippen LogP contribution in [-0.2, 0) is 19.6 Å². The molecule has 0 radical (unpaired) electrons.